The lowest BCUT2D eigenvalue weighted by atomic mass is 10.0. The van der Waals surface area contributed by atoms with Crippen LogP contribution in [0.3, 0.4) is 0 Å². The number of anilines is 2. The van der Waals surface area contributed by atoms with E-state index in [-0.39, 0.29) is 17.1 Å². The number of nitrogens with one attached hydrogen (secondary N) is 2. The number of piperazine rings is 1. The lowest BCUT2D eigenvalue weighted by Gasteiger charge is -2.35. The first kappa shape index (κ1) is 38.8. The molecule has 15 nitrogen and oxygen atoms in total. The molecule has 1 fully saturated rings. The molecular weight excluding hydrogens is 747 g/mol. The third kappa shape index (κ3) is 9.61. The number of aromatic hydroxyl groups is 1. The van der Waals surface area contributed by atoms with Crippen LogP contribution < -0.4 is 24.4 Å². The third-order valence-electron chi connectivity index (χ3n) is 8.88. The summed E-state index contributed by atoms with van der Waals surface area (Å²) in [6, 6.07) is 26.9. The highest BCUT2D eigenvalue weighted by molar-refractivity contribution is 7.99. The standard InChI is InChI=1S/C38H39N7O8S2/c1-52-35-22-27(26-7-6-8-28(46)21-26)23-36(53-2)31(35)25-43-16-18-44(19-17-43)37-14-13-33(40-41-37)38(47)42-55(50,51)30-11-12-32(34(24-30)45(48)49)39-15-20-54-29-9-4-3-5-10-29/h3-14,21-24,39,46H,15-20,25H2,1-2H3,(H,42,47). The number of ether oxygens (including phenoxy) is 2. The summed E-state index contributed by atoms with van der Waals surface area (Å²) >= 11 is 1.57. The van der Waals surface area contributed by atoms with Crippen molar-refractivity contribution in [3.8, 4) is 28.4 Å². The van der Waals surface area contributed by atoms with Gasteiger partial charge in [0.25, 0.3) is 21.6 Å². The number of nitrogens with zero attached hydrogens (tertiary/aromatic N) is 5. The molecule has 1 saturated heterocycles. The summed E-state index contributed by atoms with van der Waals surface area (Å²) in [5.41, 5.74) is 2.06. The van der Waals surface area contributed by atoms with E-state index < -0.39 is 31.4 Å². The number of benzene rings is 4. The van der Waals surface area contributed by atoms with Crippen LogP contribution in [0, 0.1) is 10.1 Å². The summed E-state index contributed by atoms with van der Waals surface area (Å²) < 4.78 is 39.6. The van der Waals surface area contributed by atoms with Crippen LogP contribution in [0.1, 0.15) is 16.1 Å². The van der Waals surface area contributed by atoms with Crippen LogP contribution in [0.2, 0.25) is 0 Å². The van der Waals surface area contributed by atoms with Gasteiger partial charge in [-0.25, -0.2) is 13.1 Å². The molecule has 0 bridgehead atoms. The summed E-state index contributed by atoms with van der Waals surface area (Å²) in [7, 11) is -1.26. The molecule has 0 radical (unpaired) electrons. The predicted molar refractivity (Wildman–Crippen MR) is 210 cm³/mol. The minimum atomic E-state index is -4.48. The lowest BCUT2D eigenvalue weighted by molar-refractivity contribution is -0.384. The van der Waals surface area contributed by atoms with Crippen molar-refractivity contribution in [3.63, 3.8) is 0 Å². The molecule has 3 N–H and O–H groups in total. The molecule has 0 spiro atoms. The van der Waals surface area contributed by atoms with Gasteiger partial charge in [0.15, 0.2) is 11.5 Å². The van der Waals surface area contributed by atoms with Gasteiger partial charge in [-0.1, -0.05) is 30.3 Å². The molecule has 2 heterocycles. The molecule has 5 aromatic rings. The van der Waals surface area contributed by atoms with Crippen molar-refractivity contribution in [1.82, 2.24) is 19.8 Å². The van der Waals surface area contributed by atoms with Crippen molar-refractivity contribution in [2.75, 3.05) is 62.9 Å². The highest BCUT2D eigenvalue weighted by Gasteiger charge is 2.26. The number of nitro groups is 1. The fourth-order valence-corrected chi connectivity index (χ4v) is 7.82. The van der Waals surface area contributed by atoms with E-state index in [4.69, 9.17) is 9.47 Å². The van der Waals surface area contributed by atoms with E-state index in [0.29, 0.717) is 62.3 Å². The van der Waals surface area contributed by atoms with E-state index in [1.165, 1.54) is 18.2 Å². The zero-order valence-corrected chi connectivity index (χ0v) is 31.7. The summed E-state index contributed by atoms with van der Waals surface area (Å²) in [5, 5.41) is 32.9. The molecule has 0 saturated carbocycles. The fourth-order valence-electron chi connectivity index (χ4n) is 6.05. The van der Waals surface area contributed by atoms with Gasteiger partial charge in [-0.05, 0) is 71.8 Å². The number of nitro benzene ring substituents is 1. The van der Waals surface area contributed by atoms with E-state index in [9.17, 15) is 28.4 Å². The average molecular weight is 786 g/mol. The minimum Gasteiger partial charge on any atom is -0.508 e. The Morgan fingerprint density at radius 1 is 0.891 bits per heavy atom. The van der Waals surface area contributed by atoms with Crippen molar-refractivity contribution in [3.05, 3.63) is 118 Å². The Labute approximate surface area is 322 Å². The number of aromatic nitrogens is 2. The van der Waals surface area contributed by atoms with Gasteiger partial charge >= 0.3 is 0 Å². The Balaban J connectivity index is 1.04. The van der Waals surface area contributed by atoms with Crippen LogP contribution in [0.15, 0.2) is 107 Å². The van der Waals surface area contributed by atoms with E-state index in [2.05, 4.69) is 20.4 Å². The van der Waals surface area contributed by atoms with Gasteiger partial charge in [-0.2, -0.15) is 0 Å². The topological polar surface area (TPSA) is 189 Å². The maximum absolute atomic E-state index is 13.1. The maximum Gasteiger partial charge on any atom is 0.293 e. The highest BCUT2D eigenvalue weighted by atomic mass is 32.2. The number of phenols is 1. The van der Waals surface area contributed by atoms with Crippen molar-refractivity contribution >= 4 is 44.9 Å². The van der Waals surface area contributed by atoms with Gasteiger partial charge in [0.05, 0.1) is 29.6 Å². The van der Waals surface area contributed by atoms with Gasteiger partial charge in [-0.3, -0.25) is 19.8 Å². The van der Waals surface area contributed by atoms with Crippen molar-refractivity contribution in [2.24, 2.45) is 0 Å². The summed E-state index contributed by atoms with van der Waals surface area (Å²) in [5.74, 6) is 1.61. The zero-order valence-electron chi connectivity index (χ0n) is 30.0. The number of methoxy groups -OCH3 is 2. The highest BCUT2D eigenvalue weighted by Crippen LogP contribution is 2.37. The number of hydrogen-bond donors (Lipinski definition) is 3. The molecule has 0 atom stereocenters. The molecule has 4 aromatic carbocycles. The van der Waals surface area contributed by atoms with Gasteiger partial charge in [-0.15, -0.1) is 22.0 Å². The number of carbonyl (C=O) groups is 1. The number of thioether (sulfide) groups is 1. The molecular formula is C38H39N7O8S2. The Morgan fingerprint density at radius 2 is 1.62 bits per heavy atom. The Bertz CT molecular complexity index is 2230. The zero-order chi connectivity index (χ0) is 39.0. The molecule has 17 heteroatoms. The summed E-state index contributed by atoms with van der Waals surface area (Å²) in [4.78, 5) is 29.0. The molecule has 1 aromatic heterocycles. The first-order chi connectivity index (χ1) is 26.5. The average Bonchev–Trinajstić information content (AvgIpc) is 3.20. The van der Waals surface area contributed by atoms with Crippen LogP contribution in [0.5, 0.6) is 17.2 Å². The van der Waals surface area contributed by atoms with E-state index in [1.54, 1.807) is 50.2 Å². The van der Waals surface area contributed by atoms with Gasteiger partial charge < -0.3 is 24.8 Å². The molecule has 1 amide bonds. The predicted octanol–water partition coefficient (Wildman–Crippen LogP) is 5.42. The number of carbonyl (C=O) groups excluding carboxylic acids is 1. The van der Waals surface area contributed by atoms with E-state index in [0.717, 1.165) is 27.7 Å². The Kier molecular flexibility index (Phi) is 12.3. The second-order valence-corrected chi connectivity index (χ2v) is 15.3. The number of sulfonamides is 1. The lowest BCUT2D eigenvalue weighted by Crippen LogP contribution is -2.46. The monoisotopic (exact) mass is 785 g/mol. The molecule has 1 aliphatic heterocycles. The summed E-state index contributed by atoms with van der Waals surface area (Å²) in [6.07, 6.45) is 0. The largest absolute Gasteiger partial charge is 0.508 e. The van der Waals surface area contributed by atoms with Gasteiger partial charge in [0.2, 0.25) is 0 Å². The summed E-state index contributed by atoms with van der Waals surface area (Å²) in [6.45, 7) is 3.53. The van der Waals surface area contributed by atoms with Crippen LogP contribution in [0.25, 0.3) is 11.1 Å². The Morgan fingerprint density at radius 3 is 2.25 bits per heavy atom. The molecule has 0 unspecified atom stereocenters. The van der Waals surface area contributed by atoms with E-state index >= 15 is 0 Å². The fraction of sp³-hybridized carbons (Fsp3) is 0.237. The SMILES string of the molecule is COc1cc(-c2cccc(O)c2)cc(OC)c1CN1CCN(c2ccc(C(=O)NS(=O)(=O)c3ccc(NCCSc4ccccc4)c([N+](=O)[O-])c3)nn2)CC1. The molecule has 1 aliphatic rings. The van der Waals surface area contributed by atoms with Gasteiger partial charge in [0.1, 0.15) is 22.9 Å². The molecule has 55 heavy (non-hydrogen) atoms. The smallest absolute Gasteiger partial charge is 0.293 e. The third-order valence-corrected chi connectivity index (χ3v) is 11.2. The minimum absolute atomic E-state index is 0.158. The molecule has 286 valence electrons. The number of hydrogen-bond acceptors (Lipinski definition) is 14. The maximum atomic E-state index is 13.1. The Hall–Kier alpha value is -5.91. The van der Waals surface area contributed by atoms with E-state index in [1.807, 2.05) is 58.2 Å². The normalized spacial score (nSPS) is 13.2. The number of phenolic OH excluding ortho intramolecular Hbond substituents is 1. The molecule has 0 aliphatic carbocycles. The molecule has 6 rings (SSSR count). The van der Waals surface area contributed by atoms with Crippen molar-refractivity contribution < 1.29 is 32.7 Å². The van der Waals surface area contributed by atoms with Crippen LogP contribution in [0.4, 0.5) is 17.2 Å². The first-order valence-corrected chi connectivity index (χ1v) is 19.6. The number of amides is 1. The van der Waals surface area contributed by atoms with Crippen LogP contribution >= 0.6 is 11.8 Å². The quantitative estimate of drug-likeness (QED) is 0.0528. The number of rotatable bonds is 15. The second kappa shape index (κ2) is 17.5. The van der Waals surface area contributed by atoms with Crippen molar-refractivity contribution in [1.29, 1.82) is 0 Å². The van der Waals surface area contributed by atoms with Crippen LogP contribution in [-0.4, -0.2) is 92.1 Å². The first-order valence-electron chi connectivity index (χ1n) is 17.2. The van der Waals surface area contributed by atoms with Crippen LogP contribution in [-0.2, 0) is 16.6 Å². The van der Waals surface area contributed by atoms with Crippen molar-refractivity contribution in [2.45, 2.75) is 16.3 Å². The second-order valence-electron chi connectivity index (χ2n) is 12.4. The van der Waals surface area contributed by atoms with Gasteiger partial charge in [0, 0.05) is 56.0 Å².